The van der Waals surface area contributed by atoms with Gasteiger partial charge in [-0.2, -0.15) is 0 Å². The number of hydrogen-bond acceptors (Lipinski definition) is 6. The summed E-state index contributed by atoms with van der Waals surface area (Å²) in [6, 6.07) is 0. The van der Waals surface area contributed by atoms with E-state index in [1.165, 1.54) is 9.47 Å². The number of likely N-dealkylation sites (N-methyl/N-ethyl adjacent to an activating group) is 2. The molecule has 0 radical (unpaired) electrons. The molecular formula is C18H32N6O4. The van der Waals surface area contributed by atoms with Crippen LogP contribution in [0.3, 0.4) is 0 Å². The Balaban J connectivity index is 3.03. The number of carbonyl (C=O) groups excluding carboxylic acids is 2. The maximum absolute atomic E-state index is 12.8. The Morgan fingerprint density at radius 2 is 1.82 bits per heavy atom. The Labute approximate surface area is 164 Å². The SMILES string of the molecule is CCCCn1c(N)c(N(CC)C(=O)CN(C)CC(=O)NCCC)c(=O)[nH]c1=O. The van der Waals surface area contributed by atoms with Crippen LogP contribution in [-0.2, 0) is 16.1 Å². The zero-order valence-electron chi connectivity index (χ0n) is 17.2. The summed E-state index contributed by atoms with van der Waals surface area (Å²) in [6.45, 7) is 6.77. The van der Waals surface area contributed by atoms with Crippen molar-refractivity contribution >= 4 is 23.3 Å². The second kappa shape index (κ2) is 11.3. The van der Waals surface area contributed by atoms with Crippen LogP contribution in [0.4, 0.5) is 11.5 Å². The average molecular weight is 396 g/mol. The maximum Gasteiger partial charge on any atom is 0.330 e. The van der Waals surface area contributed by atoms with Crippen molar-refractivity contribution in [3.8, 4) is 0 Å². The number of amides is 2. The first-order valence-corrected chi connectivity index (χ1v) is 9.64. The van der Waals surface area contributed by atoms with E-state index in [0.717, 1.165) is 12.8 Å². The molecule has 0 aliphatic rings. The van der Waals surface area contributed by atoms with Gasteiger partial charge in [-0.05, 0) is 26.8 Å². The highest BCUT2D eigenvalue weighted by Gasteiger charge is 2.24. The maximum atomic E-state index is 12.8. The molecule has 28 heavy (non-hydrogen) atoms. The first-order valence-electron chi connectivity index (χ1n) is 9.64. The Hall–Kier alpha value is -2.62. The molecule has 0 saturated carbocycles. The molecule has 2 amide bonds. The molecule has 0 bridgehead atoms. The van der Waals surface area contributed by atoms with Crippen molar-refractivity contribution < 1.29 is 9.59 Å². The van der Waals surface area contributed by atoms with Crippen molar-refractivity contribution in [2.45, 2.75) is 46.6 Å². The molecule has 10 heteroatoms. The Bertz CT molecular complexity index is 785. The molecule has 10 nitrogen and oxygen atoms in total. The number of nitrogens with zero attached hydrogens (tertiary/aromatic N) is 3. The van der Waals surface area contributed by atoms with Crippen LogP contribution in [0.15, 0.2) is 9.59 Å². The zero-order chi connectivity index (χ0) is 21.3. The summed E-state index contributed by atoms with van der Waals surface area (Å²) < 4.78 is 1.28. The second-order valence-electron chi connectivity index (χ2n) is 6.66. The molecule has 0 aliphatic heterocycles. The van der Waals surface area contributed by atoms with Gasteiger partial charge in [-0.25, -0.2) is 4.79 Å². The summed E-state index contributed by atoms with van der Waals surface area (Å²) in [5, 5.41) is 2.74. The number of rotatable bonds is 11. The molecular weight excluding hydrogens is 364 g/mol. The number of aromatic amines is 1. The molecule has 0 saturated heterocycles. The highest BCUT2D eigenvalue weighted by molar-refractivity contribution is 5.97. The summed E-state index contributed by atoms with van der Waals surface area (Å²) in [5.74, 6) is -0.586. The standard InChI is InChI=1S/C18H32N6O4/c1-5-8-10-24-16(19)15(17(27)21-18(24)28)23(7-3)14(26)12-22(4)11-13(25)20-9-6-2/h5-12,19H2,1-4H3,(H,20,25)(H,21,27,28). The Kier molecular flexibility index (Phi) is 9.43. The van der Waals surface area contributed by atoms with E-state index in [0.29, 0.717) is 19.5 Å². The number of unbranched alkanes of at least 4 members (excludes halogenated alkanes) is 1. The smallest absolute Gasteiger partial charge is 0.330 e. The van der Waals surface area contributed by atoms with Crippen molar-refractivity contribution in [3.63, 3.8) is 0 Å². The lowest BCUT2D eigenvalue weighted by Crippen LogP contribution is -2.46. The van der Waals surface area contributed by atoms with Gasteiger partial charge in [0.1, 0.15) is 5.82 Å². The first-order chi connectivity index (χ1) is 13.3. The molecule has 1 aromatic rings. The monoisotopic (exact) mass is 396 g/mol. The molecule has 158 valence electrons. The van der Waals surface area contributed by atoms with E-state index >= 15 is 0 Å². The van der Waals surface area contributed by atoms with Gasteiger partial charge >= 0.3 is 5.69 Å². The third kappa shape index (κ3) is 6.22. The number of hydrogen-bond donors (Lipinski definition) is 3. The lowest BCUT2D eigenvalue weighted by molar-refractivity contribution is -0.123. The number of nitrogens with one attached hydrogen (secondary N) is 2. The van der Waals surface area contributed by atoms with Gasteiger partial charge in [0.15, 0.2) is 5.69 Å². The van der Waals surface area contributed by atoms with Crippen molar-refractivity contribution in [1.82, 2.24) is 19.8 Å². The van der Waals surface area contributed by atoms with Gasteiger partial charge in [-0.15, -0.1) is 0 Å². The Morgan fingerprint density at radius 1 is 1.14 bits per heavy atom. The van der Waals surface area contributed by atoms with Crippen molar-refractivity contribution in [3.05, 3.63) is 20.8 Å². The fourth-order valence-electron chi connectivity index (χ4n) is 2.77. The van der Waals surface area contributed by atoms with Crippen LogP contribution in [0.5, 0.6) is 0 Å². The summed E-state index contributed by atoms with van der Waals surface area (Å²) in [4.78, 5) is 54.0. The lowest BCUT2D eigenvalue weighted by Gasteiger charge is -2.25. The molecule has 0 aliphatic carbocycles. The van der Waals surface area contributed by atoms with Crippen LogP contribution in [0, 0.1) is 0 Å². The van der Waals surface area contributed by atoms with E-state index in [-0.39, 0.29) is 43.0 Å². The minimum Gasteiger partial charge on any atom is -0.383 e. The number of carbonyl (C=O) groups is 2. The largest absolute Gasteiger partial charge is 0.383 e. The number of H-pyrrole nitrogens is 1. The number of nitrogens with two attached hydrogens (primary N) is 1. The van der Waals surface area contributed by atoms with Gasteiger partial charge in [-0.3, -0.25) is 28.8 Å². The van der Waals surface area contributed by atoms with Crippen molar-refractivity contribution in [1.29, 1.82) is 0 Å². The molecule has 0 unspecified atom stereocenters. The van der Waals surface area contributed by atoms with Crippen LogP contribution < -0.4 is 27.2 Å². The summed E-state index contributed by atoms with van der Waals surface area (Å²) in [6.07, 6.45) is 2.39. The first kappa shape index (κ1) is 23.4. The zero-order valence-corrected chi connectivity index (χ0v) is 17.2. The molecule has 0 atom stereocenters. The van der Waals surface area contributed by atoms with E-state index in [1.54, 1.807) is 18.9 Å². The number of aromatic nitrogens is 2. The van der Waals surface area contributed by atoms with Crippen LogP contribution in [0.25, 0.3) is 0 Å². The van der Waals surface area contributed by atoms with E-state index < -0.39 is 11.2 Å². The highest BCUT2D eigenvalue weighted by Crippen LogP contribution is 2.17. The van der Waals surface area contributed by atoms with Gasteiger partial charge < -0.3 is 16.0 Å². The third-order valence-electron chi connectivity index (χ3n) is 4.23. The van der Waals surface area contributed by atoms with Gasteiger partial charge in [0, 0.05) is 19.6 Å². The summed E-state index contributed by atoms with van der Waals surface area (Å²) in [7, 11) is 1.65. The number of nitrogen functional groups attached to an aromatic ring is 1. The van der Waals surface area contributed by atoms with Crippen LogP contribution in [0.1, 0.15) is 40.0 Å². The van der Waals surface area contributed by atoms with Crippen LogP contribution in [-0.4, -0.2) is 59.5 Å². The quantitative estimate of drug-likeness (QED) is 0.471. The van der Waals surface area contributed by atoms with E-state index in [9.17, 15) is 19.2 Å². The van der Waals surface area contributed by atoms with E-state index in [2.05, 4.69) is 10.3 Å². The predicted molar refractivity (Wildman–Crippen MR) is 109 cm³/mol. The number of anilines is 2. The van der Waals surface area contributed by atoms with Crippen LogP contribution in [0.2, 0.25) is 0 Å². The highest BCUT2D eigenvalue weighted by atomic mass is 16.2. The average Bonchev–Trinajstić information content (AvgIpc) is 2.62. The second-order valence-corrected chi connectivity index (χ2v) is 6.66. The molecule has 1 heterocycles. The molecule has 4 N–H and O–H groups in total. The summed E-state index contributed by atoms with van der Waals surface area (Å²) >= 11 is 0. The van der Waals surface area contributed by atoms with Crippen molar-refractivity contribution in [2.24, 2.45) is 0 Å². The summed E-state index contributed by atoms with van der Waals surface area (Å²) in [5.41, 5.74) is 4.75. The van der Waals surface area contributed by atoms with Gasteiger partial charge in [0.2, 0.25) is 11.8 Å². The fourth-order valence-corrected chi connectivity index (χ4v) is 2.77. The molecule has 1 rings (SSSR count). The van der Waals surface area contributed by atoms with Gasteiger partial charge in [0.25, 0.3) is 5.56 Å². The van der Waals surface area contributed by atoms with E-state index in [4.69, 9.17) is 5.73 Å². The molecule has 1 aromatic heterocycles. The normalized spacial score (nSPS) is 10.9. The third-order valence-corrected chi connectivity index (χ3v) is 4.23. The van der Waals surface area contributed by atoms with Crippen LogP contribution >= 0.6 is 0 Å². The molecule has 0 spiro atoms. The molecule has 0 fully saturated rings. The topological polar surface area (TPSA) is 134 Å². The van der Waals surface area contributed by atoms with Gasteiger partial charge in [-0.1, -0.05) is 20.3 Å². The fraction of sp³-hybridized carbons (Fsp3) is 0.667. The predicted octanol–water partition coefficient (Wildman–Crippen LogP) is -0.270. The van der Waals surface area contributed by atoms with E-state index in [1.807, 2.05) is 13.8 Å². The van der Waals surface area contributed by atoms with Crippen molar-refractivity contribution in [2.75, 3.05) is 43.9 Å². The van der Waals surface area contributed by atoms with Gasteiger partial charge in [0.05, 0.1) is 13.1 Å². The minimum atomic E-state index is -0.700. The Morgan fingerprint density at radius 3 is 2.39 bits per heavy atom. The molecule has 0 aromatic carbocycles. The minimum absolute atomic E-state index is 0.0271. The lowest BCUT2D eigenvalue weighted by atomic mass is 10.3.